The van der Waals surface area contributed by atoms with Crippen molar-refractivity contribution in [1.29, 1.82) is 0 Å². The van der Waals surface area contributed by atoms with Gasteiger partial charge in [-0.25, -0.2) is 9.38 Å². The minimum atomic E-state index is -0.354. The molecule has 1 N–H and O–H groups in total. The average Bonchev–Trinajstić information content (AvgIpc) is 2.75. The van der Waals surface area contributed by atoms with Gasteiger partial charge in [0.05, 0.1) is 6.54 Å². The number of nitrogens with one attached hydrogen (secondary N) is 1. The van der Waals surface area contributed by atoms with Crippen LogP contribution in [0.15, 0.2) is 33.8 Å². The third kappa shape index (κ3) is 3.39. The average molecular weight is 278 g/mol. The molecule has 0 radical (unpaired) electrons. The zero-order valence-electron chi connectivity index (χ0n) is 11.3. The first-order valence-electron chi connectivity index (χ1n) is 6.10. The van der Waals surface area contributed by atoms with Gasteiger partial charge in [0.2, 0.25) is 11.8 Å². The molecule has 0 aliphatic rings. The molecule has 20 heavy (non-hydrogen) atoms. The van der Waals surface area contributed by atoms with Crippen molar-refractivity contribution in [3.8, 4) is 0 Å². The Morgan fingerprint density at radius 1 is 1.45 bits per heavy atom. The van der Waals surface area contributed by atoms with E-state index in [9.17, 15) is 9.50 Å². The van der Waals surface area contributed by atoms with E-state index in [2.05, 4.69) is 15.6 Å². The van der Waals surface area contributed by atoms with Gasteiger partial charge in [0.1, 0.15) is 5.82 Å². The monoisotopic (exact) mass is 278 g/mol. The first-order chi connectivity index (χ1) is 9.60. The molecule has 0 saturated carbocycles. The highest BCUT2D eigenvalue weighted by atomic mass is 19.1. The number of hydrogen-bond donors (Lipinski definition) is 1. The van der Waals surface area contributed by atoms with Crippen LogP contribution in [-0.4, -0.2) is 18.2 Å². The predicted molar refractivity (Wildman–Crippen MR) is 67.7 cm³/mol. The number of aromatic nitrogens is 2. The highest BCUT2D eigenvalue weighted by molar-refractivity contribution is 5.71. The highest BCUT2D eigenvalue weighted by Gasteiger charge is 2.23. The van der Waals surface area contributed by atoms with Gasteiger partial charge in [-0.3, -0.25) is 4.52 Å². The van der Waals surface area contributed by atoms with Crippen molar-refractivity contribution in [2.45, 2.75) is 20.0 Å². The summed E-state index contributed by atoms with van der Waals surface area (Å²) in [5.74, 6) is -0.456. The van der Waals surface area contributed by atoms with Crippen LogP contribution in [0.5, 0.6) is 0 Å². The number of aliphatic imine (C=N–C) groups is 1. The summed E-state index contributed by atoms with van der Waals surface area (Å²) in [5.41, 5.74) is 1.53. The summed E-state index contributed by atoms with van der Waals surface area (Å²) >= 11 is 0. The normalized spacial score (nSPS) is 11.8. The maximum absolute atomic E-state index is 12.9. The Labute approximate surface area is 115 Å². The molecule has 2 aromatic rings. The van der Waals surface area contributed by atoms with Crippen molar-refractivity contribution in [1.82, 2.24) is 10.6 Å². The van der Waals surface area contributed by atoms with E-state index in [-0.39, 0.29) is 17.6 Å². The molecular formula is C13H15FN4O2. The summed E-state index contributed by atoms with van der Waals surface area (Å²) in [6.07, 6.45) is 0. The van der Waals surface area contributed by atoms with Gasteiger partial charge < -0.3 is 10.4 Å². The van der Waals surface area contributed by atoms with Crippen LogP contribution in [0, 0.1) is 5.82 Å². The number of rotatable bonds is 5. The van der Waals surface area contributed by atoms with Crippen LogP contribution < -0.4 is 15.1 Å². The molecule has 1 aromatic carbocycles. The van der Waals surface area contributed by atoms with E-state index in [0.717, 1.165) is 5.56 Å². The topological polar surface area (TPSA) is 77.4 Å². The second-order valence-electron chi connectivity index (χ2n) is 4.27. The summed E-state index contributed by atoms with van der Waals surface area (Å²) in [5, 5.41) is 17.9. The van der Waals surface area contributed by atoms with Crippen molar-refractivity contribution in [3.05, 3.63) is 41.3 Å². The Morgan fingerprint density at radius 2 is 2.15 bits per heavy atom. The van der Waals surface area contributed by atoms with Crippen LogP contribution in [0.1, 0.15) is 18.2 Å². The van der Waals surface area contributed by atoms with Gasteiger partial charge in [-0.2, -0.15) is 0 Å². The van der Waals surface area contributed by atoms with E-state index >= 15 is 0 Å². The van der Waals surface area contributed by atoms with E-state index in [4.69, 9.17) is 4.52 Å². The number of hydrogen-bond acceptors (Lipinski definition) is 5. The summed E-state index contributed by atoms with van der Waals surface area (Å²) < 4.78 is 19.5. The second-order valence-corrected chi connectivity index (χ2v) is 4.27. The lowest BCUT2D eigenvalue weighted by Crippen LogP contribution is -2.41. The molecule has 0 aliphatic carbocycles. The summed E-state index contributed by atoms with van der Waals surface area (Å²) in [6.45, 7) is 2.21. The molecule has 0 amide bonds. The number of nitrogens with zero attached hydrogens (tertiary/aromatic N) is 3. The van der Waals surface area contributed by atoms with E-state index in [1.165, 1.54) is 19.1 Å². The van der Waals surface area contributed by atoms with Gasteiger partial charge in [0.15, 0.2) is 0 Å². The molecule has 1 heterocycles. The lowest BCUT2D eigenvalue weighted by molar-refractivity contribution is -0.760. The molecule has 0 unspecified atom stereocenters. The van der Waals surface area contributed by atoms with Gasteiger partial charge in [-0.05, 0) is 48.8 Å². The zero-order valence-corrected chi connectivity index (χ0v) is 11.3. The van der Waals surface area contributed by atoms with Crippen LogP contribution in [0.25, 0.3) is 0 Å². The van der Waals surface area contributed by atoms with Crippen LogP contribution in [0.3, 0.4) is 0 Å². The molecule has 1 aromatic heterocycles. The fraction of sp³-hybridized carbons (Fsp3) is 0.308. The molecular weight excluding hydrogens is 263 g/mol. The first-order valence-corrected chi connectivity index (χ1v) is 6.10. The van der Waals surface area contributed by atoms with Crippen LogP contribution >= 0.6 is 0 Å². The summed E-state index contributed by atoms with van der Waals surface area (Å²) in [6, 6.07) is 6.10. The lowest BCUT2D eigenvalue weighted by Gasteiger charge is -1.99. The van der Waals surface area contributed by atoms with Gasteiger partial charge in [0.25, 0.3) is 5.69 Å². The van der Waals surface area contributed by atoms with E-state index in [1.807, 2.05) is 0 Å². The second kappa shape index (κ2) is 6.25. The Hall–Kier alpha value is -2.28. The standard InChI is InChI=1S/C13H15FN4O2/c1-9(19)16-13-12(7-15-2)18(17-20-13)8-10-3-5-11(14)6-4-10/h3-6,15H,7-8H2,1-2H3. The van der Waals surface area contributed by atoms with E-state index in [0.29, 0.717) is 18.8 Å². The first kappa shape index (κ1) is 14.1. The summed E-state index contributed by atoms with van der Waals surface area (Å²) in [4.78, 5) is 3.77. The van der Waals surface area contributed by atoms with Gasteiger partial charge in [-0.1, -0.05) is 0 Å². The molecule has 6 nitrogen and oxygen atoms in total. The van der Waals surface area contributed by atoms with Crippen molar-refractivity contribution >= 4 is 11.8 Å². The predicted octanol–water partition coefficient (Wildman–Crippen LogP) is 0.279. The van der Waals surface area contributed by atoms with Crippen molar-refractivity contribution < 1.29 is 18.7 Å². The smallest absolute Gasteiger partial charge is 0.325 e. The van der Waals surface area contributed by atoms with Crippen LogP contribution in [-0.2, 0) is 13.1 Å². The van der Waals surface area contributed by atoms with Gasteiger partial charge in [-0.15, -0.1) is 0 Å². The Bertz CT molecular complexity index is 603. The number of halogens is 1. The van der Waals surface area contributed by atoms with Crippen molar-refractivity contribution in [2.24, 2.45) is 4.99 Å². The molecule has 106 valence electrons. The van der Waals surface area contributed by atoms with Crippen LogP contribution in [0.2, 0.25) is 0 Å². The Morgan fingerprint density at radius 3 is 2.75 bits per heavy atom. The van der Waals surface area contributed by atoms with Crippen molar-refractivity contribution in [3.63, 3.8) is 0 Å². The molecule has 2 rings (SSSR count). The SMILES string of the molecule is CNCc1c(/N=C(/C)[O-])on[n+]1Cc1ccc(F)cc1. The molecule has 7 heteroatoms. The minimum Gasteiger partial charge on any atom is -0.862 e. The molecule has 0 spiro atoms. The van der Waals surface area contributed by atoms with Crippen LogP contribution in [0.4, 0.5) is 10.3 Å². The fourth-order valence-electron chi connectivity index (χ4n) is 1.75. The third-order valence-electron chi connectivity index (χ3n) is 2.63. The molecule has 0 atom stereocenters. The third-order valence-corrected chi connectivity index (χ3v) is 2.63. The lowest BCUT2D eigenvalue weighted by atomic mass is 10.2. The van der Waals surface area contributed by atoms with Gasteiger partial charge >= 0.3 is 5.88 Å². The quantitative estimate of drug-likeness (QED) is 0.484. The highest BCUT2D eigenvalue weighted by Crippen LogP contribution is 2.15. The minimum absolute atomic E-state index is 0.189. The fourth-order valence-corrected chi connectivity index (χ4v) is 1.75. The van der Waals surface area contributed by atoms with E-state index < -0.39 is 0 Å². The zero-order chi connectivity index (χ0) is 14.5. The molecule has 0 fully saturated rings. The maximum Gasteiger partial charge on any atom is 0.325 e. The van der Waals surface area contributed by atoms with E-state index in [1.54, 1.807) is 23.9 Å². The molecule has 0 saturated heterocycles. The maximum atomic E-state index is 12.9. The molecule has 0 aliphatic heterocycles. The van der Waals surface area contributed by atoms with Gasteiger partial charge in [0, 0.05) is 5.56 Å². The largest absolute Gasteiger partial charge is 0.862 e. The van der Waals surface area contributed by atoms with Crippen molar-refractivity contribution in [2.75, 3.05) is 7.05 Å². The number of benzene rings is 1. The Balaban J connectivity index is 2.29. The summed E-state index contributed by atoms with van der Waals surface area (Å²) in [7, 11) is 1.77. The molecule has 0 bridgehead atoms. The Kier molecular flexibility index (Phi) is 4.41.